The topological polar surface area (TPSA) is 58.9 Å². The van der Waals surface area contributed by atoms with E-state index in [0.717, 1.165) is 5.75 Å². The van der Waals surface area contributed by atoms with Crippen LogP contribution >= 0.6 is 0 Å². The van der Waals surface area contributed by atoms with Crippen LogP contribution in [0.25, 0.3) is 0 Å². The number of aliphatic hydroxyl groups is 1. The predicted octanol–water partition coefficient (Wildman–Crippen LogP) is 2.49. The average molecular weight is 260 g/mol. The first-order chi connectivity index (χ1) is 9.15. The number of phenols is 1. The maximum absolute atomic E-state index is 10.4. The van der Waals surface area contributed by atoms with Crippen molar-refractivity contribution in [3.8, 4) is 17.2 Å². The quantitative estimate of drug-likeness (QED) is 0.886. The molecular weight excluding hydrogens is 244 g/mol. The molecule has 0 aromatic heterocycles. The van der Waals surface area contributed by atoms with E-state index >= 15 is 0 Å². The van der Waals surface area contributed by atoms with Gasteiger partial charge in [-0.1, -0.05) is 12.1 Å². The van der Waals surface area contributed by atoms with E-state index in [1.807, 2.05) is 0 Å². The molecule has 0 aliphatic rings. The number of aliphatic hydroxyl groups excluding tert-OH is 1. The van der Waals surface area contributed by atoms with Gasteiger partial charge in [0.1, 0.15) is 23.4 Å². The van der Waals surface area contributed by atoms with Crippen molar-refractivity contribution in [3.05, 3.63) is 53.6 Å². The van der Waals surface area contributed by atoms with Crippen molar-refractivity contribution < 1.29 is 19.7 Å². The van der Waals surface area contributed by atoms with Crippen molar-refractivity contribution in [2.24, 2.45) is 0 Å². The third kappa shape index (κ3) is 2.80. The Hall–Kier alpha value is -2.20. The molecule has 0 heterocycles. The molecule has 2 aromatic rings. The van der Waals surface area contributed by atoms with E-state index in [2.05, 4.69) is 0 Å². The minimum atomic E-state index is -0.868. The van der Waals surface area contributed by atoms with Gasteiger partial charge >= 0.3 is 0 Å². The van der Waals surface area contributed by atoms with Crippen molar-refractivity contribution in [1.82, 2.24) is 0 Å². The molecular formula is C15H16O4. The van der Waals surface area contributed by atoms with Gasteiger partial charge in [-0.05, 0) is 35.9 Å². The van der Waals surface area contributed by atoms with Crippen LogP contribution in [0.2, 0.25) is 0 Å². The average Bonchev–Trinajstić information content (AvgIpc) is 2.46. The van der Waals surface area contributed by atoms with Gasteiger partial charge in [-0.2, -0.15) is 0 Å². The molecule has 0 saturated carbocycles. The molecule has 0 aliphatic heterocycles. The minimum absolute atomic E-state index is 0.0864. The standard InChI is InChI=1S/C15H16O4/c1-18-12-6-3-10(4-7-12)15(17)13-9-11(16)5-8-14(13)19-2/h3-9,15-17H,1-2H3. The summed E-state index contributed by atoms with van der Waals surface area (Å²) in [4.78, 5) is 0. The summed E-state index contributed by atoms with van der Waals surface area (Å²) in [6.07, 6.45) is -0.868. The third-order valence-corrected chi connectivity index (χ3v) is 2.94. The van der Waals surface area contributed by atoms with Crippen LogP contribution in [0.15, 0.2) is 42.5 Å². The molecule has 0 spiro atoms. The summed E-state index contributed by atoms with van der Waals surface area (Å²) in [5.41, 5.74) is 1.22. The molecule has 19 heavy (non-hydrogen) atoms. The fraction of sp³-hybridized carbons (Fsp3) is 0.200. The SMILES string of the molecule is COc1ccc(C(O)c2cc(O)ccc2OC)cc1. The fourth-order valence-electron chi connectivity index (χ4n) is 1.90. The summed E-state index contributed by atoms with van der Waals surface area (Å²) < 4.78 is 10.3. The number of hydrogen-bond donors (Lipinski definition) is 2. The van der Waals surface area contributed by atoms with Crippen LogP contribution in [0.1, 0.15) is 17.2 Å². The van der Waals surface area contributed by atoms with Gasteiger partial charge in [0.15, 0.2) is 0 Å². The van der Waals surface area contributed by atoms with Crippen LogP contribution in [-0.2, 0) is 0 Å². The first-order valence-electron chi connectivity index (χ1n) is 5.84. The number of benzene rings is 2. The molecule has 1 atom stereocenters. The number of phenolic OH excluding ortho intramolecular Hbond substituents is 1. The Morgan fingerprint density at radius 3 is 2.21 bits per heavy atom. The normalized spacial score (nSPS) is 11.9. The van der Waals surface area contributed by atoms with E-state index in [4.69, 9.17) is 9.47 Å². The predicted molar refractivity (Wildman–Crippen MR) is 71.7 cm³/mol. The van der Waals surface area contributed by atoms with Crippen LogP contribution in [0.4, 0.5) is 0 Å². The second-order valence-electron chi connectivity index (χ2n) is 4.10. The van der Waals surface area contributed by atoms with Crippen LogP contribution in [0, 0.1) is 0 Å². The van der Waals surface area contributed by atoms with Crippen LogP contribution in [0.5, 0.6) is 17.2 Å². The summed E-state index contributed by atoms with van der Waals surface area (Å²) in [7, 11) is 3.11. The van der Waals surface area contributed by atoms with Gasteiger partial charge in [0.25, 0.3) is 0 Å². The Morgan fingerprint density at radius 1 is 0.947 bits per heavy atom. The number of hydrogen-bond acceptors (Lipinski definition) is 4. The molecule has 4 nitrogen and oxygen atoms in total. The molecule has 2 N–H and O–H groups in total. The molecule has 100 valence electrons. The second-order valence-corrected chi connectivity index (χ2v) is 4.10. The highest BCUT2D eigenvalue weighted by atomic mass is 16.5. The molecule has 0 bridgehead atoms. The second kappa shape index (κ2) is 5.63. The summed E-state index contributed by atoms with van der Waals surface area (Å²) in [5.74, 6) is 1.34. The minimum Gasteiger partial charge on any atom is -0.508 e. The lowest BCUT2D eigenvalue weighted by molar-refractivity contribution is 0.214. The van der Waals surface area contributed by atoms with E-state index in [9.17, 15) is 10.2 Å². The molecule has 2 rings (SSSR count). The molecule has 1 unspecified atom stereocenters. The lowest BCUT2D eigenvalue weighted by Gasteiger charge is -2.15. The van der Waals surface area contributed by atoms with Crippen LogP contribution < -0.4 is 9.47 Å². The Kier molecular flexibility index (Phi) is 3.92. The molecule has 0 aliphatic carbocycles. The van der Waals surface area contributed by atoms with E-state index in [0.29, 0.717) is 16.9 Å². The molecule has 0 fully saturated rings. The Balaban J connectivity index is 2.36. The van der Waals surface area contributed by atoms with E-state index in [-0.39, 0.29) is 5.75 Å². The smallest absolute Gasteiger partial charge is 0.125 e. The van der Waals surface area contributed by atoms with Gasteiger partial charge in [-0.25, -0.2) is 0 Å². The maximum atomic E-state index is 10.4. The van der Waals surface area contributed by atoms with Gasteiger partial charge in [0.2, 0.25) is 0 Å². The summed E-state index contributed by atoms with van der Waals surface area (Å²) >= 11 is 0. The van der Waals surface area contributed by atoms with Gasteiger partial charge in [-0.15, -0.1) is 0 Å². The Labute approximate surface area is 111 Å². The number of methoxy groups -OCH3 is 2. The van der Waals surface area contributed by atoms with Gasteiger partial charge in [0.05, 0.1) is 14.2 Å². The molecule has 0 saturated heterocycles. The summed E-state index contributed by atoms with van der Waals surface area (Å²) in [6.45, 7) is 0. The third-order valence-electron chi connectivity index (χ3n) is 2.94. The fourth-order valence-corrected chi connectivity index (χ4v) is 1.90. The first kappa shape index (κ1) is 13.2. The zero-order chi connectivity index (χ0) is 13.8. The molecule has 2 aromatic carbocycles. The van der Waals surface area contributed by atoms with Crippen molar-refractivity contribution in [2.45, 2.75) is 6.10 Å². The summed E-state index contributed by atoms with van der Waals surface area (Å²) in [6, 6.07) is 11.7. The van der Waals surface area contributed by atoms with Gasteiger partial charge in [0, 0.05) is 5.56 Å². The Morgan fingerprint density at radius 2 is 1.63 bits per heavy atom. The molecule has 0 radical (unpaired) electrons. The molecule has 4 heteroatoms. The lowest BCUT2D eigenvalue weighted by Crippen LogP contribution is -2.02. The lowest BCUT2D eigenvalue weighted by atomic mass is 10.0. The van der Waals surface area contributed by atoms with Crippen molar-refractivity contribution in [1.29, 1.82) is 0 Å². The van der Waals surface area contributed by atoms with Crippen molar-refractivity contribution in [2.75, 3.05) is 14.2 Å². The number of aromatic hydroxyl groups is 1. The zero-order valence-electron chi connectivity index (χ0n) is 10.8. The highest BCUT2D eigenvalue weighted by Gasteiger charge is 2.16. The van der Waals surface area contributed by atoms with Crippen molar-refractivity contribution in [3.63, 3.8) is 0 Å². The number of rotatable bonds is 4. The number of ether oxygens (including phenoxy) is 2. The van der Waals surface area contributed by atoms with Gasteiger partial charge in [-0.3, -0.25) is 0 Å². The van der Waals surface area contributed by atoms with E-state index in [1.54, 1.807) is 37.4 Å². The summed E-state index contributed by atoms with van der Waals surface area (Å²) in [5, 5.41) is 19.9. The monoisotopic (exact) mass is 260 g/mol. The van der Waals surface area contributed by atoms with Crippen LogP contribution in [0.3, 0.4) is 0 Å². The Bertz CT molecular complexity index is 549. The highest BCUT2D eigenvalue weighted by molar-refractivity contribution is 5.45. The first-order valence-corrected chi connectivity index (χ1v) is 5.84. The largest absolute Gasteiger partial charge is 0.508 e. The van der Waals surface area contributed by atoms with E-state index < -0.39 is 6.10 Å². The molecule has 0 amide bonds. The van der Waals surface area contributed by atoms with Gasteiger partial charge < -0.3 is 19.7 Å². The maximum Gasteiger partial charge on any atom is 0.125 e. The highest BCUT2D eigenvalue weighted by Crippen LogP contribution is 2.33. The van der Waals surface area contributed by atoms with E-state index in [1.165, 1.54) is 19.2 Å². The van der Waals surface area contributed by atoms with Crippen LogP contribution in [-0.4, -0.2) is 24.4 Å². The van der Waals surface area contributed by atoms with Crippen molar-refractivity contribution >= 4 is 0 Å². The zero-order valence-corrected chi connectivity index (χ0v) is 10.8.